The van der Waals surface area contributed by atoms with Crippen LogP contribution in [0.15, 0.2) is 23.3 Å². The monoisotopic (exact) mass is 440 g/mol. The van der Waals surface area contributed by atoms with E-state index in [-0.39, 0.29) is 35.1 Å². The molecule has 0 radical (unpaired) electrons. The molecule has 2 aliphatic rings. The number of carbonyl (C=O) groups is 2. The number of hydrogen-bond donors (Lipinski definition) is 2. The average molecular weight is 440 g/mol. The van der Waals surface area contributed by atoms with Gasteiger partial charge in [0.15, 0.2) is 5.69 Å². The zero-order valence-corrected chi connectivity index (χ0v) is 16.5. The maximum Gasteiger partial charge on any atom is 0.356 e. The van der Waals surface area contributed by atoms with Gasteiger partial charge in [-0.15, -0.1) is 0 Å². The molecule has 0 aromatic carbocycles. The summed E-state index contributed by atoms with van der Waals surface area (Å²) >= 11 is 0. The number of fused-ring (bicyclic) bond motifs is 2. The standard InChI is InChI=1S/C19H16N6O7/c26-15-10-5-13(25(31)32)17(21-16(10)24(9-1-2-9)6-11(15)18(27)28)23-4-3-22-7-12(19(29)30)20-14(22)8-23/h5-7,9H,1-4,8H2,(H,27,28)(H,29,30). The SMILES string of the molecule is O=C(O)c1cn2c(n1)CN(c1nc3c(cc1[N+](=O)[O-])c(=O)c(C(=O)O)cn3C1CC1)CC2. The molecule has 1 fully saturated rings. The van der Waals surface area contributed by atoms with E-state index in [4.69, 9.17) is 5.11 Å². The lowest BCUT2D eigenvalue weighted by Crippen LogP contribution is -2.35. The lowest BCUT2D eigenvalue weighted by molar-refractivity contribution is -0.384. The van der Waals surface area contributed by atoms with Gasteiger partial charge in [0, 0.05) is 37.6 Å². The number of carboxylic acids is 2. The summed E-state index contributed by atoms with van der Waals surface area (Å²) in [7, 11) is 0. The Morgan fingerprint density at radius 3 is 2.50 bits per heavy atom. The van der Waals surface area contributed by atoms with E-state index in [9.17, 15) is 29.6 Å². The summed E-state index contributed by atoms with van der Waals surface area (Å²) in [6.07, 6.45) is 4.22. The first kappa shape index (κ1) is 19.7. The Morgan fingerprint density at radius 2 is 1.88 bits per heavy atom. The number of imidazole rings is 1. The largest absolute Gasteiger partial charge is 0.477 e. The summed E-state index contributed by atoms with van der Waals surface area (Å²) in [5, 5.41) is 30.3. The lowest BCUT2D eigenvalue weighted by Gasteiger charge is -2.28. The maximum absolute atomic E-state index is 12.7. The number of anilines is 1. The van der Waals surface area contributed by atoms with Gasteiger partial charge in [0.25, 0.3) is 0 Å². The van der Waals surface area contributed by atoms with Crippen molar-refractivity contribution in [3.8, 4) is 0 Å². The number of aromatic carboxylic acids is 2. The number of aromatic nitrogens is 4. The van der Waals surface area contributed by atoms with Gasteiger partial charge in [0.2, 0.25) is 11.2 Å². The van der Waals surface area contributed by atoms with Crippen LogP contribution in [-0.2, 0) is 13.1 Å². The van der Waals surface area contributed by atoms with Gasteiger partial charge < -0.3 is 24.2 Å². The van der Waals surface area contributed by atoms with Crippen molar-refractivity contribution < 1.29 is 24.7 Å². The first-order valence-electron chi connectivity index (χ1n) is 9.76. The van der Waals surface area contributed by atoms with Gasteiger partial charge >= 0.3 is 17.6 Å². The topological polar surface area (TPSA) is 174 Å². The van der Waals surface area contributed by atoms with Gasteiger partial charge in [-0.2, -0.15) is 0 Å². The van der Waals surface area contributed by atoms with Gasteiger partial charge in [-0.1, -0.05) is 0 Å². The molecule has 4 heterocycles. The number of nitrogens with zero attached hydrogens (tertiary/aromatic N) is 6. The Labute approximate surface area is 178 Å². The Morgan fingerprint density at radius 1 is 1.12 bits per heavy atom. The van der Waals surface area contributed by atoms with Crippen molar-refractivity contribution in [3.05, 3.63) is 55.9 Å². The van der Waals surface area contributed by atoms with Gasteiger partial charge in [0.1, 0.15) is 17.0 Å². The molecule has 3 aromatic heterocycles. The Bertz CT molecular complexity index is 1390. The molecule has 0 atom stereocenters. The molecule has 164 valence electrons. The van der Waals surface area contributed by atoms with Crippen molar-refractivity contribution in [2.75, 3.05) is 11.4 Å². The summed E-state index contributed by atoms with van der Waals surface area (Å²) < 4.78 is 3.27. The van der Waals surface area contributed by atoms with Gasteiger partial charge in [0.05, 0.1) is 16.9 Å². The minimum atomic E-state index is -1.41. The highest BCUT2D eigenvalue weighted by Crippen LogP contribution is 2.38. The number of pyridine rings is 2. The molecule has 13 heteroatoms. The first-order chi connectivity index (χ1) is 15.2. The number of rotatable bonds is 5. The Hall–Kier alpha value is -4.29. The van der Waals surface area contributed by atoms with Crippen molar-refractivity contribution in [1.29, 1.82) is 0 Å². The van der Waals surface area contributed by atoms with Crippen LogP contribution in [0.25, 0.3) is 11.0 Å². The third kappa shape index (κ3) is 3.05. The second kappa shape index (κ2) is 6.87. The molecule has 1 aliphatic carbocycles. The lowest BCUT2D eigenvalue weighted by atomic mass is 10.1. The Balaban J connectivity index is 1.68. The van der Waals surface area contributed by atoms with Crippen LogP contribution in [0.5, 0.6) is 0 Å². The van der Waals surface area contributed by atoms with Crippen molar-refractivity contribution in [2.24, 2.45) is 0 Å². The normalized spacial score (nSPS) is 15.6. The van der Waals surface area contributed by atoms with Crippen LogP contribution >= 0.6 is 0 Å². The van der Waals surface area contributed by atoms with E-state index < -0.39 is 33.5 Å². The van der Waals surface area contributed by atoms with E-state index in [0.29, 0.717) is 18.9 Å². The fourth-order valence-corrected chi connectivity index (χ4v) is 3.94. The molecular formula is C19H16N6O7. The second-order valence-electron chi connectivity index (χ2n) is 7.74. The maximum atomic E-state index is 12.7. The van der Waals surface area contributed by atoms with E-state index in [1.165, 1.54) is 12.4 Å². The molecule has 5 rings (SSSR count). The van der Waals surface area contributed by atoms with Crippen molar-refractivity contribution in [3.63, 3.8) is 0 Å². The van der Waals surface area contributed by atoms with E-state index in [2.05, 4.69) is 9.97 Å². The van der Waals surface area contributed by atoms with E-state index in [1.807, 2.05) is 0 Å². The molecule has 3 aromatic rings. The number of carboxylic acid groups (broad SMARTS) is 2. The van der Waals surface area contributed by atoms with Gasteiger partial charge in [-0.3, -0.25) is 14.9 Å². The minimum absolute atomic E-state index is 0.0190. The summed E-state index contributed by atoms with van der Waals surface area (Å²) in [5.41, 5.74) is -1.66. The van der Waals surface area contributed by atoms with E-state index in [1.54, 1.807) is 14.0 Å². The highest BCUT2D eigenvalue weighted by Gasteiger charge is 2.32. The molecule has 0 bridgehead atoms. The van der Waals surface area contributed by atoms with Crippen LogP contribution in [-0.4, -0.2) is 52.7 Å². The Kier molecular flexibility index (Phi) is 4.22. The van der Waals surface area contributed by atoms with E-state index >= 15 is 0 Å². The van der Waals surface area contributed by atoms with Crippen LogP contribution in [0, 0.1) is 10.1 Å². The van der Waals surface area contributed by atoms with Crippen molar-refractivity contribution in [1.82, 2.24) is 19.1 Å². The molecule has 1 saturated carbocycles. The minimum Gasteiger partial charge on any atom is -0.477 e. The highest BCUT2D eigenvalue weighted by molar-refractivity contribution is 5.93. The molecule has 0 amide bonds. The average Bonchev–Trinajstić information content (AvgIpc) is 3.50. The molecule has 2 N–H and O–H groups in total. The summed E-state index contributed by atoms with van der Waals surface area (Å²) in [6, 6.07) is 1.05. The summed E-state index contributed by atoms with van der Waals surface area (Å²) in [6.45, 7) is 0.746. The van der Waals surface area contributed by atoms with Gasteiger partial charge in [-0.25, -0.2) is 19.6 Å². The number of nitro groups is 1. The predicted octanol–water partition coefficient (Wildman–Crippen LogP) is 1.25. The third-order valence-electron chi connectivity index (χ3n) is 5.65. The quantitative estimate of drug-likeness (QED) is 0.434. The van der Waals surface area contributed by atoms with Crippen LogP contribution < -0.4 is 10.3 Å². The first-order valence-corrected chi connectivity index (χ1v) is 9.76. The van der Waals surface area contributed by atoms with Crippen LogP contribution in [0.4, 0.5) is 11.5 Å². The molecule has 32 heavy (non-hydrogen) atoms. The van der Waals surface area contributed by atoms with Crippen molar-refractivity contribution in [2.45, 2.75) is 32.0 Å². The zero-order chi connectivity index (χ0) is 22.7. The van der Waals surface area contributed by atoms with Crippen LogP contribution in [0.2, 0.25) is 0 Å². The molecule has 0 spiro atoms. The zero-order valence-electron chi connectivity index (χ0n) is 16.5. The van der Waals surface area contributed by atoms with Crippen LogP contribution in [0.1, 0.15) is 45.6 Å². The number of hydrogen-bond acceptors (Lipinski definition) is 8. The van der Waals surface area contributed by atoms with Gasteiger partial charge in [-0.05, 0) is 12.8 Å². The smallest absolute Gasteiger partial charge is 0.356 e. The fraction of sp³-hybridized carbons (Fsp3) is 0.316. The molecule has 0 unspecified atom stereocenters. The van der Waals surface area contributed by atoms with E-state index in [0.717, 1.165) is 18.9 Å². The molecule has 0 saturated heterocycles. The fourth-order valence-electron chi connectivity index (χ4n) is 3.94. The molecular weight excluding hydrogens is 424 g/mol. The molecule has 1 aliphatic heterocycles. The highest BCUT2D eigenvalue weighted by atomic mass is 16.6. The third-order valence-corrected chi connectivity index (χ3v) is 5.65. The second-order valence-corrected chi connectivity index (χ2v) is 7.74. The molecule has 13 nitrogen and oxygen atoms in total. The summed E-state index contributed by atoms with van der Waals surface area (Å²) in [5.74, 6) is -2.14. The predicted molar refractivity (Wildman–Crippen MR) is 108 cm³/mol. The van der Waals surface area contributed by atoms with Crippen molar-refractivity contribution >= 4 is 34.5 Å². The summed E-state index contributed by atoms with van der Waals surface area (Å²) in [4.78, 5) is 56.8. The van der Waals surface area contributed by atoms with Crippen LogP contribution in [0.3, 0.4) is 0 Å².